The van der Waals surface area contributed by atoms with Gasteiger partial charge in [0.15, 0.2) is 0 Å². The molecule has 3 rings (SSSR count). The second-order valence-electron chi connectivity index (χ2n) is 6.32. The van der Waals surface area contributed by atoms with E-state index in [2.05, 4.69) is 25.8 Å². The molecule has 1 aliphatic rings. The smallest absolute Gasteiger partial charge is 0.222 e. The first-order valence-corrected chi connectivity index (χ1v) is 10.00. The van der Waals surface area contributed by atoms with Crippen molar-refractivity contribution in [1.82, 2.24) is 4.90 Å². The molecule has 1 amide bonds. The summed E-state index contributed by atoms with van der Waals surface area (Å²) in [7, 11) is 0. The quantitative estimate of drug-likeness (QED) is 0.692. The number of anilines is 1. The molecule has 2 aromatic carbocycles. The van der Waals surface area contributed by atoms with E-state index >= 15 is 0 Å². The number of halogens is 2. The van der Waals surface area contributed by atoms with Crippen LogP contribution in [0.3, 0.4) is 0 Å². The minimum absolute atomic E-state index is 0.110. The summed E-state index contributed by atoms with van der Waals surface area (Å²) in [5.74, 6) is 0.328. The number of phenolic OH excluding ortho intramolecular Hbond substituents is 1. The van der Waals surface area contributed by atoms with Crippen molar-refractivity contribution in [1.29, 1.82) is 0 Å². The third-order valence-corrected chi connectivity index (χ3v) is 5.38. The number of phenols is 1. The Labute approximate surface area is 172 Å². The maximum Gasteiger partial charge on any atom is 0.222 e. The monoisotopic (exact) mass is 449 g/mol. The van der Waals surface area contributed by atoms with E-state index in [1.54, 1.807) is 18.3 Å². The number of nitrogens with zero attached hydrogens (tertiary/aromatic N) is 3. The molecule has 27 heavy (non-hydrogen) atoms. The van der Waals surface area contributed by atoms with Crippen LogP contribution in [0.15, 0.2) is 45.9 Å². The predicted octanol–water partition coefficient (Wildman–Crippen LogP) is 4.62. The number of aliphatic imine (C=N–C) groups is 1. The second-order valence-corrected chi connectivity index (χ2v) is 7.61. The van der Waals surface area contributed by atoms with Gasteiger partial charge in [0.1, 0.15) is 5.75 Å². The molecule has 0 radical (unpaired) electrons. The molecule has 1 N–H and O–H groups in total. The highest BCUT2D eigenvalue weighted by molar-refractivity contribution is 9.10. The van der Waals surface area contributed by atoms with Crippen molar-refractivity contribution in [3.63, 3.8) is 0 Å². The maximum absolute atomic E-state index is 11.8. The summed E-state index contributed by atoms with van der Waals surface area (Å²) in [6.45, 7) is 5.08. The summed E-state index contributed by atoms with van der Waals surface area (Å²) in [5, 5.41) is 10.6. The van der Waals surface area contributed by atoms with Crippen LogP contribution >= 0.6 is 27.5 Å². The van der Waals surface area contributed by atoms with Crippen LogP contribution in [-0.4, -0.2) is 48.3 Å². The Balaban J connectivity index is 1.65. The first-order valence-electron chi connectivity index (χ1n) is 8.83. The Morgan fingerprint density at radius 1 is 1.22 bits per heavy atom. The molecule has 0 atom stereocenters. The van der Waals surface area contributed by atoms with Crippen molar-refractivity contribution in [3.05, 3.63) is 51.5 Å². The number of rotatable bonds is 4. The van der Waals surface area contributed by atoms with Gasteiger partial charge in [-0.2, -0.15) is 0 Å². The minimum Gasteiger partial charge on any atom is -0.506 e. The fourth-order valence-electron chi connectivity index (χ4n) is 3.02. The van der Waals surface area contributed by atoms with Crippen LogP contribution in [0.5, 0.6) is 5.75 Å². The second kappa shape index (κ2) is 8.76. The summed E-state index contributed by atoms with van der Waals surface area (Å²) in [5.41, 5.74) is 2.45. The van der Waals surface area contributed by atoms with Crippen molar-refractivity contribution >= 4 is 51.0 Å². The number of amides is 1. The third-order valence-electron chi connectivity index (χ3n) is 4.56. The molecule has 1 fully saturated rings. The molecule has 1 saturated heterocycles. The van der Waals surface area contributed by atoms with Crippen molar-refractivity contribution in [3.8, 4) is 5.75 Å². The van der Waals surface area contributed by atoms with Crippen molar-refractivity contribution < 1.29 is 9.90 Å². The van der Waals surface area contributed by atoms with Crippen LogP contribution in [0, 0.1) is 0 Å². The van der Waals surface area contributed by atoms with Gasteiger partial charge in [-0.1, -0.05) is 18.5 Å². The van der Waals surface area contributed by atoms with Crippen molar-refractivity contribution in [2.45, 2.75) is 13.3 Å². The lowest BCUT2D eigenvalue weighted by atomic mass is 10.2. The van der Waals surface area contributed by atoms with Gasteiger partial charge in [-0.25, -0.2) is 0 Å². The molecule has 5 nitrogen and oxygen atoms in total. The standard InChI is InChI=1S/C20H21BrClN3O2/c1-2-19(26)25-9-7-24(8-10-25)17-5-3-16(4-6-17)23-13-14-11-15(22)12-18(21)20(14)27/h3-6,11-13,27H,2,7-10H2,1H3. The van der Waals surface area contributed by atoms with Gasteiger partial charge in [0.2, 0.25) is 5.91 Å². The van der Waals surface area contributed by atoms with E-state index in [1.165, 1.54) is 0 Å². The highest BCUT2D eigenvalue weighted by Gasteiger charge is 2.19. The summed E-state index contributed by atoms with van der Waals surface area (Å²) in [4.78, 5) is 20.4. The fourth-order valence-corrected chi connectivity index (χ4v) is 3.85. The number of carbonyl (C=O) groups is 1. The van der Waals surface area contributed by atoms with Gasteiger partial charge >= 0.3 is 0 Å². The van der Waals surface area contributed by atoms with Crippen molar-refractivity contribution in [2.75, 3.05) is 31.1 Å². The molecule has 1 aliphatic heterocycles. The van der Waals surface area contributed by atoms with Crippen LogP contribution in [-0.2, 0) is 4.79 Å². The Bertz CT molecular complexity index is 847. The van der Waals surface area contributed by atoms with Gasteiger partial charge < -0.3 is 14.9 Å². The van der Waals surface area contributed by atoms with E-state index in [1.807, 2.05) is 36.1 Å². The predicted molar refractivity (Wildman–Crippen MR) is 114 cm³/mol. The summed E-state index contributed by atoms with van der Waals surface area (Å²) in [6, 6.07) is 11.2. The van der Waals surface area contributed by atoms with Gasteiger partial charge in [0.25, 0.3) is 0 Å². The summed E-state index contributed by atoms with van der Waals surface area (Å²) < 4.78 is 0.535. The van der Waals surface area contributed by atoms with Gasteiger partial charge in [0.05, 0.1) is 10.2 Å². The van der Waals surface area contributed by atoms with E-state index in [9.17, 15) is 9.90 Å². The SMILES string of the molecule is CCC(=O)N1CCN(c2ccc(N=Cc3cc(Cl)cc(Br)c3O)cc2)CC1. The molecular weight excluding hydrogens is 430 g/mol. The normalized spacial score (nSPS) is 14.8. The molecule has 0 spiro atoms. The summed E-state index contributed by atoms with van der Waals surface area (Å²) in [6.07, 6.45) is 2.15. The Morgan fingerprint density at radius 3 is 2.52 bits per heavy atom. The van der Waals surface area contributed by atoms with Crippen molar-refractivity contribution in [2.24, 2.45) is 4.99 Å². The zero-order valence-corrected chi connectivity index (χ0v) is 17.4. The topological polar surface area (TPSA) is 56.1 Å². The average Bonchev–Trinajstić information content (AvgIpc) is 2.69. The van der Waals surface area contributed by atoms with E-state index in [0.29, 0.717) is 21.5 Å². The number of aromatic hydroxyl groups is 1. The molecule has 0 aromatic heterocycles. The Morgan fingerprint density at radius 2 is 1.89 bits per heavy atom. The molecule has 0 saturated carbocycles. The van der Waals surface area contributed by atoms with E-state index < -0.39 is 0 Å². The number of benzene rings is 2. The number of hydrogen-bond acceptors (Lipinski definition) is 4. The molecular formula is C20H21BrClN3O2. The van der Waals surface area contributed by atoms with Crippen LogP contribution in [0.2, 0.25) is 5.02 Å². The lowest BCUT2D eigenvalue weighted by Gasteiger charge is -2.36. The van der Waals surface area contributed by atoms with Gasteiger partial charge in [0, 0.05) is 55.1 Å². The zero-order chi connectivity index (χ0) is 19.4. The van der Waals surface area contributed by atoms with Gasteiger partial charge in [-0.3, -0.25) is 9.79 Å². The maximum atomic E-state index is 11.8. The third kappa shape index (κ3) is 4.82. The summed E-state index contributed by atoms with van der Waals surface area (Å²) >= 11 is 9.29. The average molecular weight is 451 g/mol. The lowest BCUT2D eigenvalue weighted by molar-refractivity contribution is -0.131. The molecule has 1 heterocycles. The number of piperazine rings is 1. The van der Waals surface area contributed by atoms with E-state index in [0.717, 1.165) is 37.6 Å². The minimum atomic E-state index is 0.110. The molecule has 142 valence electrons. The van der Waals surface area contributed by atoms with Crippen LogP contribution in [0.1, 0.15) is 18.9 Å². The number of hydrogen-bond donors (Lipinski definition) is 1. The molecule has 0 unspecified atom stereocenters. The van der Waals surface area contributed by atoms with E-state index in [4.69, 9.17) is 11.6 Å². The Kier molecular flexibility index (Phi) is 6.39. The Hall–Kier alpha value is -2.05. The lowest BCUT2D eigenvalue weighted by Crippen LogP contribution is -2.48. The first kappa shape index (κ1) is 19.7. The number of carbonyl (C=O) groups excluding carboxylic acids is 1. The highest BCUT2D eigenvalue weighted by Crippen LogP contribution is 2.31. The fraction of sp³-hybridized carbons (Fsp3) is 0.300. The van der Waals surface area contributed by atoms with Crippen LogP contribution in [0.4, 0.5) is 11.4 Å². The van der Waals surface area contributed by atoms with Crippen LogP contribution < -0.4 is 4.90 Å². The zero-order valence-electron chi connectivity index (χ0n) is 15.0. The molecule has 2 aromatic rings. The van der Waals surface area contributed by atoms with Gasteiger partial charge in [-0.05, 0) is 52.3 Å². The first-order chi connectivity index (χ1) is 13.0. The molecule has 0 bridgehead atoms. The van der Waals surface area contributed by atoms with Crippen LogP contribution in [0.25, 0.3) is 0 Å². The largest absolute Gasteiger partial charge is 0.506 e. The molecule has 0 aliphatic carbocycles. The van der Waals surface area contributed by atoms with E-state index in [-0.39, 0.29) is 11.7 Å². The van der Waals surface area contributed by atoms with Gasteiger partial charge in [-0.15, -0.1) is 0 Å². The highest BCUT2D eigenvalue weighted by atomic mass is 79.9. The molecule has 7 heteroatoms.